The lowest BCUT2D eigenvalue weighted by Gasteiger charge is -2.28. The van der Waals surface area contributed by atoms with Crippen LogP contribution in [0.1, 0.15) is 34.7 Å². The molecule has 1 aliphatic rings. The third-order valence-corrected chi connectivity index (χ3v) is 7.45. The molecule has 5 rings (SSSR count). The van der Waals surface area contributed by atoms with E-state index in [0.29, 0.717) is 10.1 Å². The number of halogens is 2. The standard InChI is InChI=1S/C27H24BrClN4OS/c1-16-14-21(17(2)32(16)23-15-19(29)9-12-24(23)34-3)26-25(22-6-4-5-13-30-22)31-27(35)33(26)20-10-7-18(28)8-11-20/h4-15,25-26H,1-3H3,(H,31,35)/t25-,26+/m0/s1. The maximum atomic E-state index is 6.38. The van der Waals surface area contributed by atoms with Gasteiger partial charge in [-0.3, -0.25) is 4.98 Å². The van der Waals surface area contributed by atoms with Gasteiger partial charge in [-0.2, -0.15) is 0 Å². The van der Waals surface area contributed by atoms with Gasteiger partial charge in [0, 0.05) is 32.8 Å². The number of nitrogens with zero attached hydrogens (tertiary/aromatic N) is 3. The quantitative estimate of drug-likeness (QED) is 0.261. The molecule has 0 amide bonds. The first-order valence-electron chi connectivity index (χ1n) is 11.2. The zero-order chi connectivity index (χ0) is 24.7. The van der Waals surface area contributed by atoms with E-state index in [0.717, 1.165) is 44.2 Å². The third-order valence-electron chi connectivity index (χ3n) is 6.37. The fourth-order valence-electron chi connectivity index (χ4n) is 4.85. The maximum Gasteiger partial charge on any atom is 0.174 e. The predicted octanol–water partition coefficient (Wildman–Crippen LogP) is 7.09. The Labute approximate surface area is 223 Å². The van der Waals surface area contributed by atoms with E-state index >= 15 is 0 Å². The maximum absolute atomic E-state index is 6.38. The second-order valence-electron chi connectivity index (χ2n) is 8.45. The van der Waals surface area contributed by atoms with Crippen molar-refractivity contribution in [2.75, 3.05) is 12.0 Å². The molecule has 0 radical (unpaired) electrons. The lowest BCUT2D eigenvalue weighted by molar-refractivity contribution is 0.412. The number of thiocarbonyl (C=S) groups is 1. The van der Waals surface area contributed by atoms with Gasteiger partial charge in [0.15, 0.2) is 5.11 Å². The molecule has 8 heteroatoms. The van der Waals surface area contributed by atoms with Crippen molar-refractivity contribution in [3.05, 3.63) is 105 Å². The molecule has 1 aliphatic heterocycles. The highest BCUT2D eigenvalue weighted by atomic mass is 79.9. The summed E-state index contributed by atoms with van der Waals surface area (Å²) in [7, 11) is 1.67. The molecule has 2 aromatic heterocycles. The van der Waals surface area contributed by atoms with E-state index in [1.54, 1.807) is 7.11 Å². The fraction of sp³-hybridized carbons (Fsp3) is 0.185. The van der Waals surface area contributed by atoms with E-state index in [-0.39, 0.29) is 12.1 Å². The van der Waals surface area contributed by atoms with E-state index in [1.165, 1.54) is 0 Å². The molecule has 2 aromatic carbocycles. The Morgan fingerprint density at radius 1 is 1.06 bits per heavy atom. The molecule has 0 spiro atoms. The van der Waals surface area contributed by atoms with E-state index in [9.17, 15) is 0 Å². The Kier molecular flexibility index (Phi) is 6.57. The van der Waals surface area contributed by atoms with Crippen LogP contribution in [0.4, 0.5) is 5.69 Å². The Morgan fingerprint density at radius 2 is 1.83 bits per heavy atom. The summed E-state index contributed by atoms with van der Waals surface area (Å²) in [4.78, 5) is 6.85. The summed E-state index contributed by atoms with van der Waals surface area (Å²) in [5, 5.41) is 4.86. The number of rotatable bonds is 5. The van der Waals surface area contributed by atoms with E-state index in [1.807, 2.05) is 54.7 Å². The first-order chi connectivity index (χ1) is 16.9. The minimum Gasteiger partial charge on any atom is -0.495 e. The molecule has 1 fully saturated rings. The van der Waals surface area contributed by atoms with Crippen LogP contribution in [0, 0.1) is 13.8 Å². The minimum absolute atomic E-state index is 0.108. The molecule has 4 aromatic rings. The van der Waals surface area contributed by atoms with Crippen molar-refractivity contribution in [2.45, 2.75) is 25.9 Å². The molecule has 178 valence electrons. The van der Waals surface area contributed by atoms with Crippen molar-refractivity contribution >= 4 is 50.5 Å². The Balaban J connectivity index is 1.70. The summed E-state index contributed by atoms with van der Waals surface area (Å²) in [6.07, 6.45) is 1.82. The number of hydrogen-bond acceptors (Lipinski definition) is 3. The summed E-state index contributed by atoms with van der Waals surface area (Å²) >= 11 is 15.8. The molecular formula is C27H24BrClN4OS. The molecule has 0 aliphatic carbocycles. The van der Waals surface area contributed by atoms with Crippen LogP contribution in [-0.2, 0) is 0 Å². The van der Waals surface area contributed by atoms with Crippen LogP contribution in [0.3, 0.4) is 0 Å². The normalized spacial score (nSPS) is 17.5. The molecule has 1 N–H and O–H groups in total. The number of methoxy groups -OCH3 is 1. The summed E-state index contributed by atoms with van der Waals surface area (Å²) in [5.41, 5.74) is 6.16. The van der Waals surface area contributed by atoms with Crippen LogP contribution in [0.2, 0.25) is 5.02 Å². The average molecular weight is 568 g/mol. The number of aromatic nitrogens is 2. The molecule has 35 heavy (non-hydrogen) atoms. The van der Waals surface area contributed by atoms with Crippen LogP contribution < -0.4 is 15.0 Å². The summed E-state index contributed by atoms with van der Waals surface area (Å²) in [6, 6.07) is 21.8. The zero-order valence-corrected chi connectivity index (χ0v) is 22.7. The number of benzene rings is 2. The highest BCUT2D eigenvalue weighted by Crippen LogP contribution is 2.44. The van der Waals surface area contributed by atoms with E-state index in [4.69, 9.17) is 28.6 Å². The van der Waals surface area contributed by atoms with Gasteiger partial charge in [-0.25, -0.2) is 0 Å². The molecule has 2 atom stereocenters. The van der Waals surface area contributed by atoms with Gasteiger partial charge in [0.1, 0.15) is 5.75 Å². The Hall–Kier alpha value is -2.87. The molecule has 3 heterocycles. The number of nitrogens with one attached hydrogen (secondary N) is 1. The molecule has 0 bridgehead atoms. The van der Waals surface area contributed by atoms with Crippen molar-refractivity contribution in [2.24, 2.45) is 0 Å². The van der Waals surface area contributed by atoms with Crippen LogP contribution in [0.5, 0.6) is 5.75 Å². The number of anilines is 1. The summed E-state index contributed by atoms with van der Waals surface area (Å²) in [6.45, 7) is 4.22. The average Bonchev–Trinajstić information content (AvgIpc) is 3.35. The first kappa shape index (κ1) is 23.9. The molecule has 0 unspecified atom stereocenters. The Bertz CT molecular complexity index is 1390. The van der Waals surface area contributed by atoms with E-state index in [2.05, 4.69) is 67.7 Å². The van der Waals surface area contributed by atoms with Crippen molar-refractivity contribution in [3.63, 3.8) is 0 Å². The third kappa shape index (κ3) is 4.33. The smallest absolute Gasteiger partial charge is 0.174 e. The molecule has 0 saturated carbocycles. The minimum atomic E-state index is -0.123. The monoisotopic (exact) mass is 566 g/mol. The SMILES string of the molecule is COc1ccc(Cl)cc1-n1c(C)cc([C@@H]2[C@H](c3ccccn3)NC(=S)N2c2ccc(Br)cc2)c1C. The topological polar surface area (TPSA) is 42.3 Å². The second-order valence-corrected chi connectivity index (χ2v) is 10.2. The number of ether oxygens (including phenoxy) is 1. The second kappa shape index (κ2) is 9.64. The summed E-state index contributed by atoms with van der Waals surface area (Å²) < 4.78 is 8.88. The van der Waals surface area contributed by atoms with Crippen molar-refractivity contribution in [1.82, 2.24) is 14.9 Å². The van der Waals surface area contributed by atoms with Gasteiger partial charge < -0.3 is 19.5 Å². The molecule has 5 nitrogen and oxygen atoms in total. The van der Waals surface area contributed by atoms with Crippen LogP contribution in [0.25, 0.3) is 5.69 Å². The first-order valence-corrected chi connectivity index (χ1v) is 12.8. The van der Waals surface area contributed by atoms with Crippen molar-refractivity contribution in [1.29, 1.82) is 0 Å². The van der Waals surface area contributed by atoms with Gasteiger partial charge in [-0.05, 0) is 92.3 Å². The van der Waals surface area contributed by atoms with Gasteiger partial charge in [-0.1, -0.05) is 33.6 Å². The number of hydrogen-bond donors (Lipinski definition) is 1. The number of pyridine rings is 1. The van der Waals surface area contributed by atoms with Crippen LogP contribution in [-0.4, -0.2) is 21.8 Å². The molecular weight excluding hydrogens is 544 g/mol. The highest BCUT2D eigenvalue weighted by molar-refractivity contribution is 9.10. The van der Waals surface area contributed by atoms with Crippen molar-refractivity contribution in [3.8, 4) is 11.4 Å². The Morgan fingerprint density at radius 3 is 2.51 bits per heavy atom. The lowest BCUT2D eigenvalue weighted by Crippen LogP contribution is -2.29. The zero-order valence-electron chi connectivity index (χ0n) is 19.5. The lowest BCUT2D eigenvalue weighted by atomic mass is 9.96. The predicted molar refractivity (Wildman–Crippen MR) is 149 cm³/mol. The van der Waals surface area contributed by atoms with Gasteiger partial charge in [-0.15, -0.1) is 0 Å². The number of aryl methyl sites for hydroxylation is 1. The molecule has 1 saturated heterocycles. The van der Waals surface area contributed by atoms with Crippen molar-refractivity contribution < 1.29 is 4.74 Å². The highest BCUT2D eigenvalue weighted by Gasteiger charge is 2.42. The van der Waals surface area contributed by atoms with Gasteiger partial charge in [0.2, 0.25) is 0 Å². The fourth-order valence-corrected chi connectivity index (χ4v) is 5.62. The van der Waals surface area contributed by atoms with Gasteiger partial charge in [0.25, 0.3) is 0 Å². The van der Waals surface area contributed by atoms with Gasteiger partial charge in [0.05, 0.1) is 30.6 Å². The van der Waals surface area contributed by atoms with E-state index < -0.39 is 0 Å². The largest absolute Gasteiger partial charge is 0.495 e. The van der Waals surface area contributed by atoms with Crippen LogP contribution in [0.15, 0.2) is 77.4 Å². The summed E-state index contributed by atoms with van der Waals surface area (Å²) in [5.74, 6) is 0.758. The van der Waals surface area contributed by atoms with Gasteiger partial charge >= 0.3 is 0 Å². The van der Waals surface area contributed by atoms with Crippen LogP contribution >= 0.6 is 39.7 Å².